The summed E-state index contributed by atoms with van der Waals surface area (Å²) in [6.07, 6.45) is 0. The van der Waals surface area contributed by atoms with Crippen LogP contribution in [0.3, 0.4) is 0 Å². The quantitative estimate of drug-likeness (QED) is 0.733. The summed E-state index contributed by atoms with van der Waals surface area (Å²) < 4.78 is 1.58. The van der Waals surface area contributed by atoms with E-state index in [1.807, 2.05) is 60.7 Å². The average molecular weight is 311 g/mol. The predicted octanol–water partition coefficient (Wildman–Crippen LogP) is 3.26. The summed E-state index contributed by atoms with van der Waals surface area (Å²) in [5, 5.41) is 17.1. The summed E-state index contributed by atoms with van der Waals surface area (Å²) in [4.78, 5) is 12.4. The van der Waals surface area contributed by atoms with E-state index in [0.29, 0.717) is 11.4 Å². The molecule has 0 aliphatic heterocycles. The van der Waals surface area contributed by atoms with Crippen LogP contribution in [0.25, 0.3) is 5.69 Å². The van der Waals surface area contributed by atoms with Gasteiger partial charge in [0.2, 0.25) is 0 Å². The van der Waals surface area contributed by atoms with Crippen LogP contribution in [0.2, 0.25) is 0 Å². The van der Waals surface area contributed by atoms with Gasteiger partial charge in [-0.1, -0.05) is 41.6 Å². The van der Waals surface area contributed by atoms with Gasteiger partial charge in [-0.05, 0) is 24.3 Å². The molecule has 3 rings (SSSR count). The van der Waals surface area contributed by atoms with E-state index in [-0.39, 0.29) is 5.69 Å². The minimum Gasteiger partial charge on any atom is -0.476 e. The van der Waals surface area contributed by atoms with E-state index >= 15 is 0 Å². The van der Waals surface area contributed by atoms with Crippen LogP contribution < -0.4 is 0 Å². The first-order valence-corrected chi connectivity index (χ1v) is 7.65. The topological polar surface area (TPSA) is 68.0 Å². The van der Waals surface area contributed by atoms with Gasteiger partial charge in [0.25, 0.3) is 0 Å². The Kier molecular flexibility index (Phi) is 4.20. The number of para-hydroxylation sites is 1. The summed E-state index contributed by atoms with van der Waals surface area (Å²) >= 11 is 1.55. The number of benzene rings is 2. The van der Waals surface area contributed by atoms with Crippen molar-refractivity contribution in [3.63, 3.8) is 0 Å². The van der Waals surface area contributed by atoms with Gasteiger partial charge in [-0.2, -0.15) is 0 Å². The summed E-state index contributed by atoms with van der Waals surface area (Å²) in [6.45, 7) is 0. The number of hydrogen-bond donors (Lipinski definition) is 1. The average Bonchev–Trinajstić information content (AvgIpc) is 2.99. The Balaban J connectivity index is 1.94. The lowest BCUT2D eigenvalue weighted by molar-refractivity contribution is 0.0689. The standard InChI is InChI=1S/C16H13N3O2S/c20-16(21)15-14(11-22-13-9-5-2-6-10-13)19(18-17-15)12-7-3-1-4-8-12/h1-10H,11H2,(H,20,21). The third-order valence-corrected chi connectivity index (χ3v) is 4.11. The van der Waals surface area contributed by atoms with Gasteiger partial charge in [0, 0.05) is 10.6 Å². The summed E-state index contributed by atoms with van der Waals surface area (Å²) in [5.74, 6) is -0.584. The van der Waals surface area contributed by atoms with Crippen LogP contribution in [0.5, 0.6) is 0 Å². The number of aromatic carboxylic acids is 1. The van der Waals surface area contributed by atoms with Crippen molar-refractivity contribution in [2.24, 2.45) is 0 Å². The molecule has 0 radical (unpaired) electrons. The number of carboxylic acid groups (broad SMARTS) is 1. The lowest BCUT2D eigenvalue weighted by Gasteiger charge is -2.07. The Hall–Kier alpha value is -2.60. The van der Waals surface area contributed by atoms with E-state index in [0.717, 1.165) is 10.6 Å². The Morgan fingerprint density at radius 3 is 2.32 bits per heavy atom. The van der Waals surface area contributed by atoms with Crippen molar-refractivity contribution in [2.75, 3.05) is 0 Å². The molecule has 0 amide bonds. The maximum Gasteiger partial charge on any atom is 0.358 e. The molecule has 110 valence electrons. The third kappa shape index (κ3) is 3.01. The maximum atomic E-state index is 11.4. The fraction of sp³-hybridized carbons (Fsp3) is 0.0625. The van der Waals surface area contributed by atoms with Crippen LogP contribution >= 0.6 is 11.8 Å². The normalized spacial score (nSPS) is 10.5. The number of carbonyl (C=O) groups is 1. The zero-order valence-electron chi connectivity index (χ0n) is 11.6. The zero-order chi connectivity index (χ0) is 15.4. The molecule has 6 heteroatoms. The Labute approximate surface area is 131 Å². The zero-order valence-corrected chi connectivity index (χ0v) is 12.4. The van der Waals surface area contributed by atoms with Gasteiger partial charge in [0.15, 0.2) is 5.69 Å². The highest BCUT2D eigenvalue weighted by Gasteiger charge is 2.19. The van der Waals surface area contributed by atoms with Gasteiger partial charge in [0.1, 0.15) is 0 Å². The highest BCUT2D eigenvalue weighted by molar-refractivity contribution is 7.98. The van der Waals surface area contributed by atoms with Crippen LogP contribution in [-0.2, 0) is 5.75 Å². The van der Waals surface area contributed by atoms with Gasteiger partial charge in [0.05, 0.1) is 11.4 Å². The van der Waals surface area contributed by atoms with Gasteiger partial charge < -0.3 is 5.11 Å². The molecular weight excluding hydrogens is 298 g/mol. The fourth-order valence-corrected chi connectivity index (χ4v) is 2.95. The molecule has 3 aromatic rings. The van der Waals surface area contributed by atoms with Gasteiger partial charge in [-0.3, -0.25) is 0 Å². The molecule has 0 saturated heterocycles. The van der Waals surface area contributed by atoms with Crippen LogP contribution in [0.15, 0.2) is 65.6 Å². The molecule has 0 saturated carbocycles. The molecule has 0 fully saturated rings. The van der Waals surface area contributed by atoms with E-state index in [1.165, 1.54) is 0 Å². The third-order valence-electron chi connectivity index (χ3n) is 3.09. The summed E-state index contributed by atoms with van der Waals surface area (Å²) in [6, 6.07) is 19.2. The van der Waals surface area contributed by atoms with Crippen molar-refractivity contribution in [3.8, 4) is 5.69 Å². The first-order chi connectivity index (χ1) is 10.8. The van der Waals surface area contributed by atoms with Crippen molar-refractivity contribution in [3.05, 3.63) is 72.1 Å². The molecule has 0 unspecified atom stereocenters. The van der Waals surface area contributed by atoms with Crippen molar-refractivity contribution in [1.82, 2.24) is 15.0 Å². The molecular formula is C16H13N3O2S. The number of nitrogens with zero attached hydrogens (tertiary/aromatic N) is 3. The monoisotopic (exact) mass is 311 g/mol. The number of thioether (sulfide) groups is 1. The molecule has 1 N–H and O–H groups in total. The second-order valence-corrected chi connectivity index (χ2v) is 5.59. The summed E-state index contributed by atoms with van der Waals surface area (Å²) in [5.41, 5.74) is 1.37. The molecule has 1 heterocycles. The van der Waals surface area contributed by atoms with E-state index in [1.54, 1.807) is 16.4 Å². The maximum absolute atomic E-state index is 11.4. The molecule has 2 aromatic carbocycles. The van der Waals surface area contributed by atoms with E-state index in [9.17, 15) is 9.90 Å². The molecule has 22 heavy (non-hydrogen) atoms. The first-order valence-electron chi connectivity index (χ1n) is 6.67. The lowest BCUT2D eigenvalue weighted by atomic mass is 10.3. The Morgan fingerprint density at radius 2 is 1.68 bits per heavy atom. The highest BCUT2D eigenvalue weighted by atomic mass is 32.2. The molecule has 0 bridgehead atoms. The minimum absolute atomic E-state index is 0.00714. The van der Waals surface area contributed by atoms with E-state index in [4.69, 9.17) is 0 Å². The van der Waals surface area contributed by atoms with E-state index in [2.05, 4.69) is 10.3 Å². The van der Waals surface area contributed by atoms with Crippen molar-refractivity contribution in [2.45, 2.75) is 10.6 Å². The van der Waals surface area contributed by atoms with Crippen LogP contribution in [-0.4, -0.2) is 26.1 Å². The largest absolute Gasteiger partial charge is 0.476 e. The second kappa shape index (κ2) is 6.44. The van der Waals surface area contributed by atoms with Gasteiger partial charge in [-0.15, -0.1) is 16.9 Å². The molecule has 0 aliphatic rings. The van der Waals surface area contributed by atoms with Crippen molar-refractivity contribution < 1.29 is 9.90 Å². The van der Waals surface area contributed by atoms with Gasteiger partial charge in [-0.25, -0.2) is 9.48 Å². The molecule has 1 aromatic heterocycles. The predicted molar refractivity (Wildman–Crippen MR) is 84.3 cm³/mol. The smallest absolute Gasteiger partial charge is 0.358 e. The summed E-state index contributed by atoms with van der Waals surface area (Å²) in [7, 11) is 0. The number of aromatic nitrogens is 3. The minimum atomic E-state index is -1.06. The SMILES string of the molecule is O=C(O)c1nnn(-c2ccccc2)c1CSc1ccccc1. The fourth-order valence-electron chi connectivity index (χ4n) is 2.04. The Morgan fingerprint density at radius 1 is 1.05 bits per heavy atom. The van der Waals surface area contributed by atoms with Crippen LogP contribution in [0.1, 0.15) is 16.2 Å². The van der Waals surface area contributed by atoms with E-state index < -0.39 is 5.97 Å². The highest BCUT2D eigenvalue weighted by Crippen LogP contribution is 2.25. The van der Waals surface area contributed by atoms with Gasteiger partial charge >= 0.3 is 5.97 Å². The second-order valence-electron chi connectivity index (χ2n) is 4.54. The van der Waals surface area contributed by atoms with Crippen molar-refractivity contribution in [1.29, 1.82) is 0 Å². The van der Waals surface area contributed by atoms with Crippen LogP contribution in [0.4, 0.5) is 0 Å². The lowest BCUT2D eigenvalue weighted by Crippen LogP contribution is -2.05. The van der Waals surface area contributed by atoms with Crippen molar-refractivity contribution >= 4 is 17.7 Å². The Bertz CT molecular complexity index is 773. The molecule has 5 nitrogen and oxygen atoms in total. The molecule has 0 spiro atoms. The van der Waals surface area contributed by atoms with Crippen LogP contribution in [0, 0.1) is 0 Å². The number of hydrogen-bond acceptors (Lipinski definition) is 4. The number of carboxylic acids is 1. The molecule has 0 aliphatic carbocycles. The first kappa shape index (κ1) is 14.3. The number of rotatable bonds is 5. The molecule has 0 atom stereocenters.